The Balaban J connectivity index is 1.52. The third-order valence-electron chi connectivity index (χ3n) is 5.31. The number of nitrogens with zero attached hydrogens (tertiary/aromatic N) is 2. The average Bonchev–Trinajstić information content (AvgIpc) is 2.98. The van der Waals surface area contributed by atoms with Crippen LogP contribution in [0.5, 0.6) is 0 Å². The van der Waals surface area contributed by atoms with Crippen LogP contribution in [0, 0.1) is 0 Å². The van der Waals surface area contributed by atoms with E-state index in [-0.39, 0.29) is 18.4 Å². The summed E-state index contributed by atoms with van der Waals surface area (Å²) < 4.78 is 0. The fourth-order valence-corrected chi connectivity index (χ4v) is 3.81. The molecule has 0 bridgehead atoms. The minimum absolute atomic E-state index is 0.140. The van der Waals surface area contributed by atoms with Crippen molar-refractivity contribution in [3.05, 3.63) is 70.7 Å². The first-order chi connectivity index (χ1) is 14.5. The zero-order valence-corrected chi connectivity index (χ0v) is 18.1. The summed E-state index contributed by atoms with van der Waals surface area (Å²) in [4.78, 5) is 29.5. The summed E-state index contributed by atoms with van der Waals surface area (Å²) in [6.07, 6.45) is 0.998. The van der Waals surface area contributed by atoms with Crippen LogP contribution < -0.4 is 10.6 Å². The van der Waals surface area contributed by atoms with Crippen molar-refractivity contribution in [3.63, 3.8) is 0 Å². The van der Waals surface area contributed by atoms with Crippen LogP contribution in [0.25, 0.3) is 0 Å². The first kappa shape index (κ1) is 22.3. The van der Waals surface area contributed by atoms with E-state index in [1.54, 1.807) is 7.05 Å². The lowest BCUT2D eigenvalue weighted by atomic mass is 10.1. The molecule has 1 aliphatic rings. The zero-order valence-electron chi connectivity index (χ0n) is 17.3. The molecule has 1 atom stereocenters. The lowest BCUT2D eigenvalue weighted by Crippen LogP contribution is -2.44. The first-order valence-electron chi connectivity index (χ1n) is 10.3. The lowest BCUT2D eigenvalue weighted by Gasteiger charge is -2.23. The van der Waals surface area contributed by atoms with Crippen LogP contribution in [0.1, 0.15) is 23.6 Å². The Hall–Kier alpha value is -2.41. The van der Waals surface area contributed by atoms with Crippen LogP contribution in [0.3, 0.4) is 0 Å². The molecular formula is C23H29ClN4O2. The molecule has 0 radical (unpaired) electrons. The number of halogens is 1. The van der Waals surface area contributed by atoms with Crippen LogP contribution in [0.15, 0.2) is 54.6 Å². The van der Waals surface area contributed by atoms with E-state index < -0.39 is 6.04 Å². The number of likely N-dealkylation sites (N-methyl/N-ethyl adjacent to an activating group) is 1. The second-order valence-electron chi connectivity index (χ2n) is 7.56. The molecule has 1 aliphatic heterocycles. The van der Waals surface area contributed by atoms with Crippen molar-refractivity contribution >= 4 is 23.4 Å². The molecule has 2 aromatic carbocycles. The number of amides is 2. The molecule has 160 valence electrons. The van der Waals surface area contributed by atoms with Crippen molar-refractivity contribution in [2.24, 2.45) is 0 Å². The molecule has 1 saturated heterocycles. The molecule has 30 heavy (non-hydrogen) atoms. The van der Waals surface area contributed by atoms with E-state index in [1.807, 2.05) is 42.5 Å². The molecule has 0 aliphatic carbocycles. The Morgan fingerprint density at radius 1 is 0.967 bits per heavy atom. The highest BCUT2D eigenvalue weighted by molar-refractivity contribution is 6.30. The van der Waals surface area contributed by atoms with Gasteiger partial charge in [0.15, 0.2) is 0 Å². The molecule has 2 amide bonds. The van der Waals surface area contributed by atoms with E-state index in [9.17, 15) is 9.59 Å². The number of rotatable bonds is 7. The molecule has 2 aromatic rings. The number of carbonyl (C=O) groups is 2. The van der Waals surface area contributed by atoms with Crippen molar-refractivity contribution in [1.29, 1.82) is 0 Å². The highest BCUT2D eigenvalue weighted by atomic mass is 35.5. The Morgan fingerprint density at radius 2 is 1.63 bits per heavy atom. The van der Waals surface area contributed by atoms with E-state index in [0.29, 0.717) is 0 Å². The van der Waals surface area contributed by atoms with Gasteiger partial charge in [-0.15, -0.1) is 0 Å². The minimum atomic E-state index is -0.683. The van der Waals surface area contributed by atoms with E-state index in [0.717, 1.165) is 49.7 Å². The SMILES string of the molecule is CNC(=O)C(NC(=O)CN1CCCN(Cc2ccc(Cl)cc2)CC1)c1ccccc1. The minimum Gasteiger partial charge on any atom is -0.357 e. The van der Waals surface area contributed by atoms with Crippen LogP contribution in [-0.2, 0) is 16.1 Å². The predicted molar refractivity (Wildman–Crippen MR) is 119 cm³/mol. The van der Waals surface area contributed by atoms with Crippen LogP contribution >= 0.6 is 11.6 Å². The maximum absolute atomic E-state index is 12.7. The van der Waals surface area contributed by atoms with Crippen molar-refractivity contribution in [1.82, 2.24) is 20.4 Å². The van der Waals surface area contributed by atoms with Crippen LogP contribution in [0.4, 0.5) is 0 Å². The second-order valence-corrected chi connectivity index (χ2v) is 7.99. The molecule has 6 nitrogen and oxygen atoms in total. The van der Waals surface area contributed by atoms with Crippen molar-refractivity contribution in [3.8, 4) is 0 Å². The lowest BCUT2D eigenvalue weighted by molar-refractivity contribution is -0.129. The molecule has 3 rings (SSSR count). The molecule has 0 aromatic heterocycles. The number of hydrogen-bond donors (Lipinski definition) is 2. The molecule has 0 spiro atoms. The van der Waals surface area contributed by atoms with Crippen LogP contribution in [0.2, 0.25) is 5.02 Å². The summed E-state index contributed by atoms with van der Waals surface area (Å²) in [6, 6.07) is 16.6. The van der Waals surface area contributed by atoms with E-state index in [2.05, 4.69) is 32.6 Å². The van der Waals surface area contributed by atoms with Crippen molar-refractivity contribution < 1.29 is 9.59 Å². The first-order valence-corrected chi connectivity index (χ1v) is 10.7. The molecule has 7 heteroatoms. The summed E-state index contributed by atoms with van der Waals surface area (Å²) >= 11 is 5.97. The number of benzene rings is 2. The van der Waals surface area contributed by atoms with Gasteiger partial charge >= 0.3 is 0 Å². The molecule has 1 heterocycles. The maximum atomic E-state index is 12.7. The monoisotopic (exact) mass is 428 g/mol. The van der Waals surface area contributed by atoms with Gasteiger partial charge in [0.25, 0.3) is 0 Å². The summed E-state index contributed by atoms with van der Waals surface area (Å²) in [5.41, 5.74) is 2.01. The molecule has 1 fully saturated rings. The van der Waals surface area contributed by atoms with Gasteiger partial charge in [0.2, 0.25) is 11.8 Å². The Kier molecular flexibility index (Phi) is 8.25. The van der Waals surface area contributed by atoms with Gasteiger partial charge in [0.05, 0.1) is 6.54 Å². The number of nitrogens with one attached hydrogen (secondary N) is 2. The van der Waals surface area contributed by atoms with Gasteiger partial charge in [0.1, 0.15) is 6.04 Å². The van der Waals surface area contributed by atoms with Gasteiger partial charge in [-0.3, -0.25) is 19.4 Å². The van der Waals surface area contributed by atoms with Gasteiger partial charge in [-0.2, -0.15) is 0 Å². The highest BCUT2D eigenvalue weighted by Gasteiger charge is 2.23. The van der Waals surface area contributed by atoms with Crippen molar-refractivity contribution in [2.45, 2.75) is 19.0 Å². The van der Waals surface area contributed by atoms with Crippen molar-refractivity contribution in [2.75, 3.05) is 39.8 Å². The van der Waals surface area contributed by atoms with Gasteiger partial charge in [0, 0.05) is 31.7 Å². The standard InChI is InChI=1S/C23H29ClN4O2/c1-25-23(30)22(19-6-3-2-4-7-19)26-21(29)17-28-13-5-12-27(14-15-28)16-18-8-10-20(24)11-9-18/h2-4,6-11,22H,5,12-17H2,1H3,(H,25,30)(H,26,29). The van der Waals surface area contributed by atoms with Gasteiger partial charge in [-0.25, -0.2) is 0 Å². The fraction of sp³-hybridized carbons (Fsp3) is 0.391. The Labute approximate surface area is 183 Å². The topological polar surface area (TPSA) is 64.7 Å². The normalized spacial score (nSPS) is 16.5. The smallest absolute Gasteiger partial charge is 0.246 e. The quantitative estimate of drug-likeness (QED) is 0.711. The number of carbonyl (C=O) groups excluding carboxylic acids is 2. The van der Waals surface area contributed by atoms with Gasteiger partial charge in [-0.1, -0.05) is 54.1 Å². The summed E-state index contributed by atoms with van der Waals surface area (Å²) in [5.74, 6) is -0.363. The van der Waals surface area contributed by atoms with E-state index in [4.69, 9.17) is 11.6 Å². The molecule has 1 unspecified atom stereocenters. The third-order valence-corrected chi connectivity index (χ3v) is 5.57. The van der Waals surface area contributed by atoms with Crippen LogP contribution in [-0.4, -0.2) is 61.4 Å². The summed E-state index contributed by atoms with van der Waals surface area (Å²) in [6.45, 7) is 4.73. The van der Waals surface area contributed by atoms with E-state index in [1.165, 1.54) is 5.56 Å². The number of hydrogen-bond acceptors (Lipinski definition) is 4. The Bertz CT molecular complexity index is 829. The van der Waals surface area contributed by atoms with Gasteiger partial charge in [-0.05, 0) is 42.8 Å². The highest BCUT2D eigenvalue weighted by Crippen LogP contribution is 2.14. The fourth-order valence-electron chi connectivity index (χ4n) is 3.69. The Morgan fingerprint density at radius 3 is 2.33 bits per heavy atom. The second kappa shape index (κ2) is 11.1. The third kappa shape index (κ3) is 6.55. The molecule has 0 saturated carbocycles. The van der Waals surface area contributed by atoms with E-state index >= 15 is 0 Å². The van der Waals surface area contributed by atoms with Gasteiger partial charge < -0.3 is 10.6 Å². The molecular weight excluding hydrogens is 400 g/mol. The largest absolute Gasteiger partial charge is 0.357 e. The zero-order chi connectivity index (χ0) is 21.3. The average molecular weight is 429 g/mol. The predicted octanol–water partition coefficient (Wildman–Crippen LogP) is 2.45. The molecule has 2 N–H and O–H groups in total. The summed E-state index contributed by atoms with van der Waals surface area (Å²) in [5, 5.41) is 6.27. The summed E-state index contributed by atoms with van der Waals surface area (Å²) in [7, 11) is 1.58. The maximum Gasteiger partial charge on any atom is 0.246 e.